The maximum Gasteiger partial charge on any atom is 0.226 e. The molecule has 0 saturated carbocycles. The van der Waals surface area contributed by atoms with Crippen molar-refractivity contribution in [2.75, 3.05) is 12.4 Å². The number of nitrogens with zero attached hydrogens (tertiary/aromatic N) is 1. The van der Waals surface area contributed by atoms with Crippen LogP contribution in [0.25, 0.3) is 0 Å². The molecule has 2 aromatic rings. The number of hydrogen-bond acceptors (Lipinski definition) is 6. The third-order valence-electron chi connectivity index (χ3n) is 3.40. The van der Waals surface area contributed by atoms with Crippen molar-refractivity contribution in [3.05, 3.63) is 39.4 Å². The Kier molecular flexibility index (Phi) is 6.27. The van der Waals surface area contributed by atoms with Crippen LogP contribution in [0.5, 0.6) is 5.75 Å². The number of rotatable bonds is 7. The molecular weight excluding hydrogens is 364 g/mol. The van der Waals surface area contributed by atoms with Crippen molar-refractivity contribution in [3.8, 4) is 5.75 Å². The fourth-order valence-electron chi connectivity index (χ4n) is 2.22. The van der Waals surface area contributed by atoms with E-state index in [1.54, 1.807) is 19.1 Å². The van der Waals surface area contributed by atoms with Crippen LogP contribution in [0.3, 0.4) is 0 Å². The number of carbonyl (C=O) groups excluding carboxylic acids is 3. The van der Waals surface area contributed by atoms with E-state index in [2.05, 4.69) is 10.3 Å². The fourth-order valence-corrected chi connectivity index (χ4v) is 3.27. The Balaban J connectivity index is 1.98. The Labute approximate surface area is 154 Å². The van der Waals surface area contributed by atoms with Gasteiger partial charge in [-0.15, -0.1) is 0 Å². The number of thiazole rings is 1. The number of carbonyl (C=O) groups is 3. The Bertz CT molecular complexity index is 832. The van der Waals surface area contributed by atoms with Gasteiger partial charge in [0.2, 0.25) is 5.91 Å². The lowest BCUT2D eigenvalue weighted by Gasteiger charge is -2.08. The number of methoxy groups -OCH3 is 1. The molecule has 0 fully saturated rings. The van der Waals surface area contributed by atoms with Crippen LogP contribution in [-0.4, -0.2) is 29.6 Å². The molecule has 0 saturated heterocycles. The number of ketones is 2. The van der Waals surface area contributed by atoms with Crippen LogP contribution in [0.4, 0.5) is 5.13 Å². The van der Waals surface area contributed by atoms with Gasteiger partial charge in [-0.1, -0.05) is 22.9 Å². The van der Waals surface area contributed by atoms with Gasteiger partial charge in [0.05, 0.1) is 23.2 Å². The maximum absolute atomic E-state index is 12.3. The Morgan fingerprint density at radius 1 is 1.28 bits per heavy atom. The first-order chi connectivity index (χ1) is 11.8. The molecule has 1 N–H and O–H groups in total. The molecule has 0 aliphatic carbocycles. The van der Waals surface area contributed by atoms with E-state index in [1.165, 1.54) is 20.1 Å². The molecule has 1 amide bonds. The van der Waals surface area contributed by atoms with Crippen molar-refractivity contribution in [2.24, 2.45) is 0 Å². The fraction of sp³-hybridized carbons (Fsp3) is 0.294. The summed E-state index contributed by atoms with van der Waals surface area (Å²) in [7, 11) is 1.46. The predicted octanol–water partition coefficient (Wildman–Crippen LogP) is 3.92. The number of hydrogen-bond donors (Lipinski definition) is 1. The number of aryl methyl sites for hydroxylation is 1. The summed E-state index contributed by atoms with van der Waals surface area (Å²) < 4.78 is 5.14. The van der Waals surface area contributed by atoms with E-state index >= 15 is 0 Å². The number of benzene rings is 1. The normalized spacial score (nSPS) is 10.4. The van der Waals surface area contributed by atoms with E-state index in [9.17, 15) is 14.4 Å². The average Bonchev–Trinajstić information content (AvgIpc) is 2.93. The molecule has 0 bridgehead atoms. The molecule has 8 heteroatoms. The highest BCUT2D eigenvalue weighted by molar-refractivity contribution is 7.17. The van der Waals surface area contributed by atoms with Gasteiger partial charge in [0.25, 0.3) is 0 Å². The lowest BCUT2D eigenvalue weighted by atomic mass is 10.1. The molecule has 0 aliphatic rings. The molecule has 0 atom stereocenters. The number of anilines is 1. The van der Waals surface area contributed by atoms with E-state index in [0.717, 1.165) is 11.3 Å². The van der Waals surface area contributed by atoms with Crippen LogP contribution >= 0.6 is 22.9 Å². The standard InChI is InChI=1S/C17H17ClN2O4S/c1-9-16(10(2)21)25-17(19-9)20-15(23)7-5-13(22)12-8-11(18)4-6-14(12)24-3/h4,6,8H,5,7H2,1-3H3,(H,19,20,23). The second-order valence-electron chi connectivity index (χ2n) is 5.31. The quantitative estimate of drug-likeness (QED) is 0.736. The van der Waals surface area contributed by atoms with Crippen LogP contribution in [0.15, 0.2) is 18.2 Å². The van der Waals surface area contributed by atoms with Crippen molar-refractivity contribution in [1.29, 1.82) is 0 Å². The monoisotopic (exact) mass is 380 g/mol. The van der Waals surface area contributed by atoms with Gasteiger partial charge in [0.15, 0.2) is 16.7 Å². The molecule has 6 nitrogen and oxygen atoms in total. The van der Waals surface area contributed by atoms with Crippen molar-refractivity contribution >= 4 is 45.5 Å². The number of ether oxygens (including phenoxy) is 1. The van der Waals surface area contributed by atoms with Gasteiger partial charge >= 0.3 is 0 Å². The van der Waals surface area contributed by atoms with E-state index < -0.39 is 0 Å². The maximum atomic E-state index is 12.3. The average molecular weight is 381 g/mol. The molecule has 0 radical (unpaired) electrons. The Hall–Kier alpha value is -2.25. The summed E-state index contributed by atoms with van der Waals surface area (Å²) in [5.74, 6) is -0.275. The molecule has 132 valence electrons. The number of nitrogens with one attached hydrogen (secondary N) is 1. The van der Waals surface area contributed by atoms with Crippen molar-refractivity contribution < 1.29 is 19.1 Å². The zero-order valence-corrected chi connectivity index (χ0v) is 15.6. The van der Waals surface area contributed by atoms with Gasteiger partial charge in [0, 0.05) is 24.8 Å². The second kappa shape index (κ2) is 8.22. The zero-order valence-electron chi connectivity index (χ0n) is 14.0. The van der Waals surface area contributed by atoms with Gasteiger partial charge < -0.3 is 10.1 Å². The van der Waals surface area contributed by atoms with Crippen LogP contribution < -0.4 is 10.1 Å². The lowest BCUT2D eigenvalue weighted by molar-refractivity contribution is -0.116. The summed E-state index contributed by atoms with van der Waals surface area (Å²) >= 11 is 7.03. The summed E-state index contributed by atoms with van der Waals surface area (Å²) in [5, 5.41) is 3.38. The van der Waals surface area contributed by atoms with Crippen LogP contribution in [0.1, 0.15) is 45.5 Å². The Morgan fingerprint density at radius 3 is 2.60 bits per heavy atom. The summed E-state index contributed by atoms with van der Waals surface area (Å²) in [4.78, 5) is 40.4. The Morgan fingerprint density at radius 2 is 2.00 bits per heavy atom. The van der Waals surface area contributed by atoms with E-state index in [4.69, 9.17) is 16.3 Å². The van der Waals surface area contributed by atoms with E-state index in [0.29, 0.717) is 32.0 Å². The number of halogens is 1. The van der Waals surface area contributed by atoms with Crippen LogP contribution in [-0.2, 0) is 4.79 Å². The van der Waals surface area contributed by atoms with Gasteiger partial charge in [-0.2, -0.15) is 0 Å². The molecule has 1 heterocycles. The molecule has 0 aliphatic heterocycles. The number of aromatic nitrogens is 1. The highest BCUT2D eigenvalue weighted by Crippen LogP contribution is 2.25. The van der Waals surface area contributed by atoms with Gasteiger partial charge in [0.1, 0.15) is 5.75 Å². The van der Waals surface area contributed by atoms with Crippen molar-refractivity contribution in [1.82, 2.24) is 4.98 Å². The first-order valence-electron chi connectivity index (χ1n) is 7.46. The minimum Gasteiger partial charge on any atom is -0.496 e. The predicted molar refractivity (Wildman–Crippen MR) is 97.1 cm³/mol. The molecule has 1 aromatic carbocycles. The topological polar surface area (TPSA) is 85.4 Å². The van der Waals surface area contributed by atoms with Gasteiger partial charge in [-0.3, -0.25) is 14.4 Å². The molecule has 25 heavy (non-hydrogen) atoms. The summed E-state index contributed by atoms with van der Waals surface area (Å²) in [6.07, 6.45) is -0.00497. The largest absolute Gasteiger partial charge is 0.496 e. The first-order valence-corrected chi connectivity index (χ1v) is 8.66. The van der Waals surface area contributed by atoms with Gasteiger partial charge in [-0.05, 0) is 25.1 Å². The minimum absolute atomic E-state index is 0.00641. The third kappa shape index (κ3) is 4.87. The van der Waals surface area contributed by atoms with E-state index in [1.807, 2.05) is 0 Å². The van der Waals surface area contributed by atoms with Gasteiger partial charge in [-0.25, -0.2) is 4.98 Å². The summed E-state index contributed by atoms with van der Waals surface area (Å²) in [6.45, 7) is 3.15. The van der Waals surface area contributed by atoms with E-state index in [-0.39, 0.29) is 30.3 Å². The molecule has 2 rings (SSSR count). The number of amides is 1. The van der Waals surface area contributed by atoms with Crippen molar-refractivity contribution in [2.45, 2.75) is 26.7 Å². The third-order valence-corrected chi connectivity index (χ3v) is 4.81. The molecule has 1 aromatic heterocycles. The lowest BCUT2D eigenvalue weighted by Crippen LogP contribution is -2.13. The zero-order chi connectivity index (χ0) is 18.6. The SMILES string of the molecule is COc1ccc(Cl)cc1C(=O)CCC(=O)Nc1nc(C)c(C(C)=O)s1. The van der Waals surface area contributed by atoms with Crippen molar-refractivity contribution in [3.63, 3.8) is 0 Å². The smallest absolute Gasteiger partial charge is 0.226 e. The molecule has 0 spiro atoms. The highest BCUT2D eigenvalue weighted by Gasteiger charge is 2.17. The molecular formula is C17H17ClN2O4S. The highest BCUT2D eigenvalue weighted by atomic mass is 35.5. The second-order valence-corrected chi connectivity index (χ2v) is 6.74. The number of Topliss-reactive ketones (excluding diaryl/α,β-unsaturated/α-hetero) is 2. The summed E-state index contributed by atoms with van der Waals surface area (Å²) in [5.41, 5.74) is 0.916. The first kappa shape index (κ1) is 19.1. The summed E-state index contributed by atoms with van der Waals surface area (Å²) in [6, 6.07) is 4.75. The molecule has 0 unspecified atom stereocenters. The van der Waals surface area contributed by atoms with Crippen LogP contribution in [0.2, 0.25) is 5.02 Å². The van der Waals surface area contributed by atoms with Crippen LogP contribution in [0, 0.1) is 6.92 Å². The minimum atomic E-state index is -0.349.